The molecule has 1 amide bonds. The molecule has 0 radical (unpaired) electrons. The lowest BCUT2D eigenvalue weighted by atomic mass is 10.1. The first kappa shape index (κ1) is 20.2. The van der Waals surface area contributed by atoms with E-state index in [0.29, 0.717) is 31.0 Å². The van der Waals surface area contributed by atoms with Crippen molar-refractivity contribution >= 4 is 27.8 Å². The summed E-state index contributed by atoms with van der Waals surface area (Å²) in [6.07, 6.45) is 3.08. The third kappa shape index (κ3) is 7.59. The van der Waals surface area contributed by atoms with Crippen LogP contribution < -0.4 is 10.6 Å². The molecule has 0 aliphatic carbocycles. The van der Waals surface area contributed by atoms with E-state index in [1.165, 1.54) is 11.0 Å². The van der Waals surface area contributed by atoms with Crippen LogP contribution in [-0.4, -0.2) is 50.5 Å². The number of halogens is 2. The number of benzene rings is 1. The van der Waals surface area contributed by atoms with Crippen LogP contribution in [0, 0.1) is 5.82 Å². The van der Waals surface area contributed by atoms with Gasteiger partial charge in [0, 0.05) is 31.7 Å². The molecule has 7 heteroatoms. The largest absolute Gasteiger partial charge is 0.356 e. The van der Waals surface area contributed by atoms with Crippen LogP contribution in [0.1, 0.15) is 12.0 Å². The Hall–Kier alpha value is -1.89. The minimum Gasteiger partial charge on any atom is -0.356 e. The van der Waals surface area contributed by atoms with Gasteiger partial charge in [-0.05, 0) is 30.5 Å². The highest BCUT2D eigenvalue weighted by molar-refractivity contribution is 9.10. The van der Waals surface area contributed by atoms with Gasteiger partial charge < -0.3 is 15.5 Å². The zero-order chi connectivity index (χ0) is 17.9. The second-order valence-corrected chi connectivity index (χ2v) is 6.30. The third-order valence-corrected chi connectivity index (χ3v) is 3.71. The second kappa shape index (κ2) is 10.8. The van der Waals surface area contributed by atoms with Crippen LogP contribution in [0.25, 0.3) is 0 Å². The molecule has 1 aromatic carbocycles. The molecular weight excluding hydrogens is 375 g/mol. The average Bonchev–Trinajstić information content (AvgIpc) is 2.54. The summed E-state index contributed by atoms with van der Waals surface area (Å²) in [6, 6.07) is 5.07. The molecule has 0 unspecified atom stereocenters. The van der Waals surface area contributed by atoms with Gasteiger partial charge in [0.2, 0.25) is 5.91 Å². The van der Waals surface area contributed by atoms with E-state index in [0.717, 1.165) is 10.9 Å². The van der Waals surface area contributed by atoms with E-state index < -0.39 is 0 Å². The maximum absolute atomic E-state index is 13.7. The number of guanidine groups is 1. The Balaban J connectivity index is 2.47. The topological polar surface area (TPSA) is 56.7 Å². The molecule has 0 atom stereocenters. The van der Waals surface area contributed by atoms with E-state index in [-0.39, 0.29) is 18.3 Å². The van der Waals surface area contributed by atoms with Crippen LogP contribution in [0.4, 0.5) is 4.39 Å². The lowest BCUT2D eigenvalue weighted by Crippen LogP contribution is -2.39. The number of carbonyl (C=O) groups excluding carboxylic acids is 1. The molecule has 2 N–H and O–H groups in total. The predicted octanol–water partition coefficient (Wildman–Crippen LogP) is 2.33. The van der Waals surface area contributed by atoms with E-state index in [1.54, 1.807) is 26.2 Å². The third-order valence-electron chi connectivity index (χ3n) is 3.22. The molecule has 0 bridgehead atoms. The molecule has 0 aliphatic heterocycles. The Bertz CT molecular complexity index is 590. The molecule has 1 rings (SSSR count). The van der Waals surface area contributed by atoms with E-state index in [9.17, 15) is 9.18 Å². The van der Waals surface area contributed by atoms with Crippen LogP contribution in [-0.2, 0) is 11.2 Å². The first-order valence-electron chi connectivity index (χ1n) is 7.71. The molecule has 5 nitrogen and oxygen atoms in total. The highest BCUT2D eigenvalue weighted by atomic mass is 79.9. The summed E-state index contributed by atoms with van der Waals surface area (Å²) in [6.45, 7) is 4.88. The summed E-state index contributed by atoms with van der Waals surface area (Å²) >= 11 is 3.24. The number of hydrogen-bond acceptors (Lipinski definition) is 2. The van der Waals surface area contributed by atoms with Gasteiger partial charge >= 0.3 is 0 Å². The Morgan fingerprint density at radius 2 is 2.17 bits per heavy atom. The van der Waals surface area contributed by atoms with E-state index in [4.69, 9.17) is 0 Å². The predicted molar refractivity (Wildman–Crippen MR) is 99.6 cm³/mol. The first-order chi connectivity index (χ1) is 11.4. The number of amides is 1. The van der Waals surface area contributed by atoms with Crippen molar-refractivity contribution in [1.29, 1.82) is 0 Å². The molecular formula is C17H24BrFN4O. The Morgan fingerprint density at radius 1 is 1.42 bits per heavy atom. The molecule has 1 aromatic rings. The fourth-order valence-corrected chi connectivity index (χ4v) is 2.17. The van der Waals surface area contributed by atoms with E-state index in [1.807, 2.05) is 6.07 Å². The monoisotopic (exact) mass is 398 g/mol. The number of nitrogens with one attached hydrogen (secondary N) is 2. The number of rotatable bonds is 8. The summed E-state index contributed by atoms with van der Waals surface area (Å²) in [4.78, 5) is 17.3. The van der Waals surface area contributed by atoms with Crippen molar-refractivity contribution in [3.63, 3.8) is 0 Å². The smallest absolute Gasteiger partial charge is 0.243 e. The summed E-state index contributed by atoms with van der Waals surface area (Å²) < 4.78 is 14.5. The highest BCUT2D eigenvalue weighted by Crippen LogP contribution is 2.16. The van der Waals surface area contributed by atoms with Crippen LogP contribution in [0.5, 0.6) is 0 Å². The summed E-state index contributed by atoms with van der Waals surface area (Å²) in [5.74, 6) is 0.257. The van der Waals surface area contributed by atoms with Crippen molar-refractivity contribution in [2.75, 3.05) is 33.7 Å². The maximum Gasteiger partial charge on any atom is 0.243 e. The summed E-state index contributed by atoms with van der Waals surface area (Å²) in [7, 11) is 3.38. The van der Waals surface area contributed by atoms with Crippen molar-refractivity contribution in [2.24, 2.45) is 4.99 Å². The van der Waals surface area contributed by atoms with Gasteiger partial charge in [-0.2, -0.15) is 0 Å². The molecule has 0 heterocycles. The zero-order valence-electron chi connectivity index (χ0n) is 14.1. The standard InChI is InChI=1S/C17H24BrFN4O/c1-4-9-20-17(22-12-16(24)23(2)3)21-10-5-6-13-7-8-14(18)11-15(13)19/h4,7-8,11H,1,5-6,9-10,12H2,2-3H3,(H2,20,21,22). The minimum atomic E-state index is -0.209. The fraction of sp³-hybridized carbons (Fsp3) is 0.412. The van der Waals surface area contributed by atoms with Gasteiger partial charge in [0.1, 0.15) is 12.4 Å². The molecule has 0 spiro atoms. The van der Waals surface area contributed by atoms with E-state index >= 15 is 0 Å². The van der Waals surface area contributed by atoms with Crippen molar-refractivity contribution in [1.82, 2.24) is 15.5 Å². The quantitative estimate of drug-likeness (QED) is 0.305. The van der Waals surface area contributed by atoms with Crippen molar-refractivity contribution in [3.8, 4) is 0 Å². The van der Waals surface area contributed by atoms with Crippen LogP contribution in [0.2, 0.25) is 0 Å². The Kier molecular flexibility index (Phi) is 9.07. The lowest BCUT2D eigenvalue weighted by Gasteiger charge is -2.13. The van der Waals surface area contributed by atoms with E-state index in [2.05, 4.69) is 38.1 Å². The Morgan fingerprint density at radius 3 is 2.79 bits per heavy atom. The minimum absolute atomic E-state index is 0.0703. The van der Waals surface area contributed by atoms with Gasteiger partial charge in [0.15, 0.2) is 5.96 Å². The number of aliphatic imine (C=N–C) groups is 1. The van der Waals surface area contributed by atoms with Gasteiger partial charge in [-0.3, -0.25) is 4.79 Å². The molecule has 0 aliphatic rings. The van der Waals surface area contributed by atoms with Crippen LogP contribution in [0.15, 0.2) is 40.3 Å². The number of hydrogen-bond donors (Lipinski definition) is 2. The zero-order valence-corrected chi connectivity index (χ0v) is 15.7. The summed E-state index contributed by atoms with van der Waals surface area (Å²) in [5, 5.41) is 6.19. The molecule has 24 heavy (non-hydrogen) atoms. The Labute approximate surface area is 151 Å². The molecule has 0 aromatic heterocycles. The van der Waals surface area contributed by atoms with Gasteiger partial charge in [0.25, 0.3) is 0 Å². The highest BCUT2D eigenvalue weighted by Gasteiger charge is 2.05. The SMILES string of the molecule is C=CCNC(=NCC(=O)N(C)C)NCCCc1ccc(Br)cc1F. The lowest BCUT2D eigenvalue weighted by molar-refractivity contribution is -0.127. The second-order valence-electron chi connectivity index (χ2n) is 5.39. The van der Waals surface area contributed by atoms with Crippen LogP contribution >= 0.6 is 15.9 Å². The maximum atomic E-state index is 13.7. The summed E-state index contributed by atoms with van der Waals surface area (Å²) in [5.41, 5.74) is 0.681. The van der Waals surface area contributed by atoms with Gasteiger partial charge in [0.05, 0.1) is 0 Å². The molecule has 132 valence electrons. The normalized spacial score (nSPS) is 11.1. The number of carbonyl (C=O) groups is 1. The van der Waals surface area contributed by atoms with Gasteiger partial charge in [-0.25, -0.2) is 9.38 Å². The molecule has 0 fully saturated rings. The van der Waals surface area contributed by atoms with Crippen molar-refractivity contribution in [2.45, 2.75) is 12.8 Å². The van der Waals surface area contributed by atoms with Gasteiger partial charge in [-0.1, -0.05) is 28.1 Å². The molecule has 0 saturated heterocycles. The molecule has 0 saturated carbocycles. The number of aryl methyl sites for hydroxylation is 1. The number of nitrogens with zero attached hydrogens (tertiary/aromatic N) is 2. The van der Waals surface area contributed by atoms with Crippen LogP contribution in [0.3, 0.4) is 0 Å². The van der Waals surface area contributed by atoms with Crippen molar-refractivity contribution < 1.29 is 9.18 Å². The first-order valence-corrected chi connectivity index (χ1v) is 8.50. The average molecular weight is 399 g/mol. The van der Waals surface area contributed by atoms with Gasteiger partial charge in [-0.15, -0.1) is 6.58 Å². The number of likely N-dealkylation sites (N-methyl/N-ethyl adjacent to an activating group) is 1. The fourth-order valence-electron chi connectivity index (χ4n) is 1.84. The van der Waals surface area contributed by atoms with Crippen molar-refractivity contribution in [3.05, 3.63) is 46.7 Å².